The molecule has 3 aromatic rings. The van der Waals surface area contributed by atoms with E-state index in [1.807, 2.05) is 38.1 Å². The van der Waals surface area contributed by atoms with Gasteiger partial charge < -0.3 is 30.8 Å². The second-order valence-electron chi connectivity index (χ2n) is 8.40. The van der Waals surface area contributed by atoms with E-state index in [0.717, 1.165) is 22.6 Å². The van der Waals surface area contributed by atoms with Gasteiger partial charge in [0.15, 0.2) is 17.3 Å². The van der Waals surface area contributed by atoms with Crippen molar-refractivity contribution in [3.8, 4) is 22.8 Å². The minimum Gasteiger partial charge on any atom is -0.454 e. The summed E-state index contributed by atoms with van der Waals surface area (Å²) >= 11 is 0. The van der Waals surface area contributed by atoms with E-state index in [1.165, 1.54) is 6.92 Å². The van der Waals surface area contributed by atoms with Crippen LogP contribution < -0.4 is 31.4 Å². The van der Waals surface area contributed by atoms with Crippen LogP contribution in [0.15, 0.2) is 29.1 Å². The van der Waals surface area contributed by atoms with Crippen LogP contribution in [0.5, 0.6) is 11.5 Å². The molecule has 2 aromatic heterocycles. The summed E-state index contributed by atoms with van der Waals surface area (Å²) in [5, 5.41) is 5.98. The molecule has 1 aliphatic heterocycles. The minimum absolute atomic E-state index is 0.0895. The molecule has 34 heavy (non-hydrogen) atoms. The summed E-state index contributed by atoms with van der Waals surface area (Å²) in [4.78, 5) is 35.9. The second-order valence-corrected chi connectivity index (χ2v) is 8.40. The van der Waals surface area contributed by atoms with Gasteiger partial charge in [0.05, 0.1) is 5.69 Å². The van der Waals surface area contributed by atoms with Crippen molar-refractivity contribution in [3.63, 3.8) is 0 Å². The van der Waals surface area contributed by atoms with Crippen molar-refractivity contribution in [2.24, 2.45) is 0 Å². The molecule has 10 heteroatoms. The lowest BCUT2D eigenvalue weighted by Gasteiger charge is -2.17. The maximum Gasteiger partial charge on any atom is 0.290 e. The van der Waals surface area contributed by atoms with Crippen LogP contribution in [0.4, 0.5) is 11.6 Å². The van der Waals surface area contributed by atoms with Gasteiger partial charge in [0.25, 0.3) is 5.56 Å². The van der Waals surface area contributed by atoms with Crippen LogP contribution in [0.2, 0.25) is 0 Å². The number of aromatic nitrogens is 3. The monoisotopic (exact) mass is 464 g/mol. The lowest BCUT2D eigenvalue weighted by molar-refractivity contribution is -0.119. The van der Waals surface area contributed by atoms with Gasteiger partial charge in [-0.05, 0) is 56.5 Å². The highest BCUT2D eigenvalue weighted by Gasteiger charge is 2.18. The van der Waals surface area contributed by atoms with Crippen LogP contribution in [-0.4, -0.2) is 33.7 Å². The van der Waals surface area contributed by atoms with E-state index in [0.29, 0.717) is 41.4 Å². The number of carbonyl (C=O) groups is 1. The topological polar surface area (TPSA) is 144 Å². The third-order valence-electron chi connectivity index (χ3n) is 5.59. The van der Waals surface area contributed by atoms with Gasteiger partial charge in [0, 0.05) is 36.5 Å². The zero-order chi connectivity index (χ0) is 24.4. The van der Waals surface area contributed by atoms with Gasteiger partial charge >= 0.3 is 0 Å². The SMILES string of the molecule is CC(=O)NCc1cc(-c2nc(NC(C)Cc3ccc4c(c3)OCO4)c(=O)[nH]c2C)c(N)nc1C. The fraction of sp³-hybridized carbons (Fsp3) is 0.333. The third kappa shape index (κ3) is 4.95. The van der Waals surface area contributed by atoms with Crippen molar-refractivity contribution in [1.82, 2.24) is 20.3 Å². The average molecular weight is 465 g/mol. The molecule has 0 spiro atoms. The summed E-state index contributed by atoms with van der Waals surface area (Å²) in [6.45, 7) is 7.56. The maximum atomic E-state index is 12.6. The predicted octanol–water partition coefficient (Wildman–Crippen LogP) is 2.44. The van der Waals surface area contributed by atoms with Gasteiger partial charge in [-0.2, -0.15) is 0 Å². The van der Waals surface area contributed by atoms with Crippen LogP contribution in [0.25, 0.3) is 11.3 Å². The Morgan fingerprint density at radius 1 is 1.21 bits per heavy atom. The molecule has 178 valence electrons. The first kappa shape index (κ1) is 23.1. The first-order valence-corrected chi connectivity index (χ1v) is 11.0. The molecule has 1 unspecified atom stereocenters. The first-order chi connectivity index (χ1) is 16.2. The van der Waals surface area contributed by atoms with Crippen LogP contribution in [-0.2, 0) is 17.8 Å². The molecule has 4 rings (SSSR count). The lowest BCUT2D eigenvalue weighted by atomic mass is 10.1. The van der Waals surface area contributed by atoms with E-state index in [-0.39, 0.29) is 30.1 Å². The molecule has 1 aromatic carbocycles. The second kappa shape index (κ2) is 9.42. The van der Waals surface area contributed by atoms with Gasteiger partial charge in [-0.1, -0.05) is 6.07 Å². The molecule has 1 atom stereocenters. The number of rotatable bonds is 7. The van der Waals surface area contributed by atoms with Crippen LogP contribution in [0.1, 0.15) is 36.4 Å². The highest BCUT2D eigenvalue weighted by Crippen LogP contribution is 2.33. The summed E-state index contributed by atoms with van der Waals surface area (Å²) in [5.74, 6) is 1.80. The Hall–Kier alpha value is -4.08. The Balaban J connectivity index is 1.59. The molecule has 0 saturated heterocycles. The summed E-state index contributed by atoms with van der Waals surface area (Å²) < 4.78 is 10.8. The van der Waals surface area contributed by atoms with Crippen molar-refractivity contribution >= 4 is 17.5 Å². The van der Waals surface area contributed by atoms with E-state index in [1.54, 1.807) is 6.92 Å². The number of nitrogen functional groups attached to an aromatic ring is 1. The number of nitrogens with two attached hydrogens (primary N) is 1. The predicted molar refractivity (Wildman–Crippen MR) is 129 cm³/mol. The number of aryl methyl sites for hydroxylation is 2. The van der Waals surface area contributed by atoms with E-state index in [2.05, 4.69) is 25.6 Å². The normalized spacial score (nSPS) is 12.9. The fourth-order valence-corrected chi connectivity index (χ4v) is 3.85. The zero-order valence-corrected chi connectivity index (χ0v) is 19.6. The minimum atomic E-state index is -0.323. The Morgan fingerprint density at radius 2 is 1.97 bits per heavy atom. The smallest absolute Gasteiger partial charge is 0.290 e. The third-order valence-corrected chi connectivity index (χ3v) is 5.59. The number of ether oxygens (including phenoxy) is 2. The Bertz CT molecular complexity index is 1300. The van der Waals surface area contributed by atoms with Gasteiger partial charge in [-0.15, -0.1) is 0 Å². The number of aromatic amines is 1. The number of pyridine rings is 1. The zero-order valence-electron chi connectivity index (χ0n) is 19.6. The number of hydrogen-bond donors (Lipinski definition) is 4. The van der Waals surface area contributed by atoms with E-state index >= 15 is 0 Å². The molecule has 0 fully saturated rings. The molecule has 0 radical (unpaired) electrons. The maximum absolute atomic E-state index is 12.6. The summed E-state index contributed by atoms with van der Waals surface area (Å²) in [6.07, 6.45) is 0.649. The molecule has 0 saturated carbocycles. The molecule has 0 aliphatic carbocycles. The Morgan fingerprint density at radius 3 is 2.74 bits per heavy atom. The number of carbonyl (C=O) groups excluding carboxylic acids is 1. The highest BCUT2D eigenvalue weighted by molar-refractivity contribution is 5.75. The van der Waals surface area contributed by atoms with Crippen molar-refractivity contribution in [1.29, 1.82) is 0 Å². The molecule has 0 bridgehead atoms. The molecule has 1 aliphatic rings. The highest BCUT2D eigenvalue weighted by atomic mass is 16.7. The van der Waals surface area contributed by atoms with Crippen LogP contribution >= 0.6 is 0 Å². The molecule has 10 nitrogen and oxygen atoms in total. The van der Waals surface area contributed by atoms with Gasteiger partial charge in [-0.25, -0.2) is 9.97 Å². The Kier molecular flexibility index (Phi) is 6.40. The molecule has 1 amide bonds. The lowest BCUT2D eigenvalue weighted by Crippen LogP contribution is -2.26. The van der Waals surface area contributed by atoms with Crippen LogP contribution in [0, 0.1) is 13.8 Å². The fourth-order valence-electron chi connectivity index (χ4n) is 3.85. The number of benzene rings is 1. The number of anilines is 2. The molecular formula is C24H28N6O4. The Labute approximate surface area is 196 Å². The van der Waals surface area contributed by atoms with E-state index < -0.39 is 0 Å². The van der Waals surface area contributed by atoms with Gasteiger partial charge in [0.2, 0.25) is 12.7 Å². The van der Waals surface area contributed by atoms with E-state index in [4.69, 9.17) is 15.2 Å². The number of H-pyrrole nitrogens is 1. The summed E-state index contributed by atoms with van der Waals surface area (Å²) in [6, 6.07) is 7.55. The van der Waals surface area contributed by atoms with E-state index in [9.17, 15) is 9.59 Å². The number of amides is 1. The van der Waals surface area contributed by atoms with Crippen molar-refractivity contribution < 1.29 is 14.3 Å². The van der Waals surface area contributed by atoms with Gasteiger partial charge in [0.1, 0.15) is 5.82 Å². The standard InChI is InChI=1S/C24H28N6O4/c1-12(7-16-5-6-19-20(8-16)34-11-33-19)27-23-24(32)29-14(3)21(30-23)18-9-17(10-26-15(4)31)13(2)28-22(18)25/h5-6,8-9,12H,7,10-11H2,1-4H3,(H2,25,28)(H,26,31)(H,27,30)(H,29,32). The average Bonchev–Trinajstić information content (AvgIpc) is 3.23. The summed E-state index contributed by atoms with van der Waals surface area (Å²) in [5.41, 5.74) is 10.1. The molecule has 5 N–H and O–H groups in total. The number of hydrogen-bond acceptors (Lipinski definition) is 8. The molecule has 3 heterocycles. The van der Waals surface area contributed by atoms with Crippen LogP contribution in [0.3, 0.4) is 0 Å². The van der Waals surface area contributed by atoms with Gasteiger partial charge in [-0.3, -0.25) is 9.59 Å². The number of nitrogens with one attached hydrogen (secondary N) is 3. The largest absolute Gasteiger partial charge is 0.454 e. The number of fused-ring (bicyclic) bond motifs is 1. The summed E-state index contributed by atoms with van der Waals surface area (Å²) in [7, 11) is 0. The quantitative estimate of drug-likeness (QED) is 0.417. The van der Waals surface area contributed by atoms with Crippen molar-refractivity contribution in [2.75, 3.05) is 17.8 Å². The van der Waals surface area contributed by atoms with Crippen molar-refractivity contribution in [3.05, 3.63) is 57.1 Å². The first-order valence-electron chi connectivity index (χ1n) is 11.0. The number of nitrogens with zero attached hydrogens (tertiary/aromatic N) is 2. The van der Waals surface area contributed by atoms with Crippen molar-refractivity contribution in [2.45, 2.75) is 46.7 Å². The molecular weight excluding hydrogens is 436 g/mol.